The van der Waals surface area contributed by atoms with Crippen molar-refractivity contribution in [3.63, 3.8) is 0 Å². The Kier molecular flexibility index (Phi) is 7.73. The Morgan fingerprint density at radius 2 is 1.52 bits per heavy atom. The molecule has 3 rings (SSSR count). The summed E-state index contributed by atoms with van der Waals surface area (Å²) in [5.41, 5.74) is 1.97. The Labute approximate surface area is 174 Å². The molecule has 2 aliphatic heterocycles. The summed E-state index contributed by atoms with van der Waals surface area (Å²) in [5.74, 6) is 0.518. The van der Waals surface area contributed by atoms with Crippen LogP contribution in [0.4, 0.5) is 0 Å². The van der Waals surface area contributed by atoms with Gasteiger partial charge in [0.25, 0.3) is 11.8 Å². The van der Waals surface area contributed by atoms with Gasteiger partial charge in [-0.2, -0.15) is 0 Å². The molecule has 1 fully saturated rings. The monoisotopic (exact) mass is 398 g/mol. The summed E-state index contributed by atoms with van der Waals surface area (Å²) < 4.78 is 5.52. The lowest BCUT2D eigenvalue weighted by atomic mass is 10.0. The fourth-order valence-corrected chi connectivity index (χ4v) is 4.20. The van der Waals surface area contributed by atoms with Gasteiger partial charge in [-0.25, -0.2) is 0 Å². The first-order chi connectivity index (χ1) is 14.2. The maximum atomic E-state index is 13.2. The van der Waals surface area contributed by atoms with Crippen LogP contribution in [0.5, 0.6) is 5.75 Å². The second-order valence-corrected chi connectivity index (χ2v) is 7.90. The number of hydrogen-bond donors (Lipinski definition) is 0. The van der Waals surface area contributed by atoms with Crippen LogP contribution in [0.15, 0.2) is 30.0 Å². The van der Waals surface area contributed by atoms with Crippen molar-refractivity contribution in [3.05, 3.63) is 35.5 Å². The van der Waals surface area contributed by atoms with Gasteiger partial charge < -0.3 is 9.64 Å². The molecule has 1 saturated heterocycles. The van der Waals surface area contributed by atoms with Gasteiger partial charge >= 0.3 is 0 Å². The average molecular weight is 399 g/mol. The zero-order valence-corrected chi connectivity index (χ0v) is 17.9. The van der Waals surface area contributed by atoms with Crippen LogP contribution < -0.4 is 4.74 Å². The Hall–Kier alpha value is -2.30. The van der Waals surface area contributed by atoms with Crippen molar-refractivity contribution >= 4 is 17.4 Å². The molecular weight excluding hydrogens is 364 g/mol. The number of carbonyl (C=O) groups is 2. The first-order valence-corrected chi connectivity index (χ1v) is 11.3. The zero-order valence-electron chi connectivity index (χ0n) is 17.9. The van der Waals surface area contributed by atoms with Gasteiger partial charge in [-0.1, -0.05) is 51.2 Å². The van der Waals surface area contributed by atoms with Crippen molar-refractivity contribution in [1.29, 1.82) is 0 Å². The lowest BCUT2D eigenvalue weighted by Crippen LogP contribution is -2.35. The number of carbonyl (C=O) groups excluding carboxylic acids is 2. The van der Waals surface area contributed by atoms with Gasteiger partial charge in [-0.3, -0.25) is 14.5 Å². The number of amides is 2. The predicted molar refractivity (Wildman–Crippen MR) is 115 cm³/mol. The minimum atomic E-state index is -0.144. The van der Waals surface area contributed by atoms with E-state index in [2.05, 4.69) is 11.8 Å². The minimum Gasteiger partial charge on any atom is -0.494 e. The topological polar surface area (TPSA) is 49.9 Å². The molecule has 1 aromatic rings. The van der Waals surface area contributed by atoms with Crippen LogP contribution in [-0.4, -0.2) is 47.9 Å². The second kappa shape index (κ2) is 10.5. The predicted octanol–water partition coefficient (Wildman–Crippen LogP) is 4.62. The molecule has 2 heterocycles. The van der Waals surface area contributed by atoms with E-state index in [-0.39, 0.29) is 11.8 Å². The van der Waals surface area contributed by atoms with Crippen LogP contribution in [0.2, 0.25) is 0 Å². The normalized spacial score (nSPS) is 17.0. The maximum Gasteiger partial charge on any atom is 0.277 e. The molecule has 5 heteroatoms. The lowest BCUT2D eigenvalue weighted by Gasteiger charge is -2.20. The SMILES string of the molecule is CCCCCCCCN1C(=O)C(c2ccc(OCC)cc2)=C(N2CCCC2)C1=O. The van der Waals surface area contributed by atoms with Crippen LogP contribution in [0.1, 0.15) is 70.8 Å². The number of benzene rings is 1. The van der Waals surface area contributed by atoms with E-state index in [0.29, 0.717) is 24.4 Å². The van der Waals surface area contributed by atoms with Gasteiger partial charge in [0.05, 0.1) is 12.2 Å². The zero-order chi connectivity index (χ0) is 20.6. The minimum absolute atomic E-state index is 0.116. The summed E-state index contributed by atoms with van der Waals surface area (Å²) in [7, 11) is 0. The Morgan fingerprint density at radius 3 is 2.17 bits per heavy atom. The number of nitrogens with zero attached hydrogens (tertiary/aromatic N) is 2. The summed E-state index contributed by atoms with van der Waals surface area (Å²) in [6, 6.07) is 7.55. The van der Waals surface area contributed by atoms with Crippen molar-refractivity contribution in [1.82, 2.24) is 9.80 Å². The smallest absolute Gasteiger partial charge is 0.277 e. The largest absolute Gasteiger partial charge is 0.494 e. The van der Waals surface area contributed by atoms with E-state index in [1.165, 1.54) is 30.6 Å². The van der Waals surface area contributed by atoms with Crippen molar-refractivity contribution in [2.24, 2.45) is 0 Å². The number of imide groups is 1. The fraction of sp³-hybridized carbons (Fsp3) is 0.583. The fourth-order valence-electron chi connectivity index (χ4n) is 4.20. The summed E-state index contributed by atoms with van der Waals surface area (Å²) in [4.78, 5) is 30.0. The van der Waals surface area contributed by atoms with Crippen LogP contribution in [0.25, 0.3) is 5.57 Å². The number of hydrogen-bond acceptors (Lipinski definition) is 4. The summed E-state index contributed by atoms with van der Waals surface area (Å²) >= 11 is 0. The molecule has 0 aromatic heterocycles. The van der Waals surface area contributed by atoms with Crippen LogP contribution in [0.3, 0.4) is 0 Å². The molecule has 158 valence electrons. The first-order valence-electron chi connectivity index (χ1n) is 11.3. The molecule has 2 aliphatic rings. The quantitative estimate of drug-likeness (QED) is 0.403. The third-order valence-electron chi connectivity index (χ3n) is 5.76. The second-order valence-electron chi connectivity index (χ2n) is 7.90. The van der Waals surface area contributed by atoms with E-state index >= 15 is 0 Å². The summed E-state index contributed by atoms with van der Waals surface area (Å²) in [5, 5.41) is 0. The third kappa shape index (κ3) is 5.01. The number of rotatable bonds is 11. The molecule has 0 unspecified atom stereocenters. The third-order valence-corrected chi connectivity index (χ3v) is 5.76. The molecule has 0 spiro atoms. The Morgan fingerprint density at radius 1 is 0.862 bits per heavy atom. The number of ether oxygens (including phenoxy) is 1. The summed E-state index contributed by atoms with van der Waals surface area (Å²) in [6.07, 6.45) is 8.95. The van der Waals surface area contributed by atoms with Crippen LogP contribution in [0, 0.1) is 0 Å². The van der Waals surface area contributed by atoms with Crippen molar-refractivity contribution in [3.8, 4) is 5.75 Å². The molecule has 5 nitrogen and oxygen atoms in total. The molecule has 0 saturated carbocycles. The summed E-state index contributed by atoms with van der Waals surface area (Å²) in [6.45, 7) is 6.96. The van der Waals surface area contributed by atoms with Crippen molar-refractivity contribution < 1.29 is 14.3 Å². The highest BCUT2D eigenvalue weighted by Crippen LogP contribution is 2.34. The van der Waals surface area contributed by atoms with Crippen LogP contribution >= 0.6 is 0 Å². The Bertz CT molecular complexity index is 733. The maximum absolute atomic E-state index is 13.2. The lowest BCUT2D eigenvalue weighted by molar-refractivity contribution is -0.137. The average Bonchev–Trinajstić information content (AvgIpc) is 3.33. The molecule has 0 aliphatic carbocycles. The Balaban J connectivity index is 1.76. The van der Waals surface area contributed by atoms with E-state index in [4.69, 9.17) is 4.74 Å². The van der Waals surface area contributed by atoms with Gasteiger partial charge in [0.2, 0.25) is 0 Å². The number of likely N-dealkylation sites (tertiary alicyclic amines) is 1. The highest BCUT2D eigenvalue weighted by Gasteiger charge is 2.41. The molecule has 2 amide bonds. The standard InChI is InChI=1S/C24H34N2O3/c1-3-5-6-7-8-9-18-26-23(27)21(19-12-14-20(15-13-19)29-4-2)22(24(26)28)25-16-10-11-17-25/h12-15H,3-11,16-18H2,1-2H3. The molecule has 0 N–H and O–H groups in total. The number of unbranched alkanes of at least 4 members (excludes halogenated alkanes) is 5. The van der Waals surface area contributed by atoms with E-state index in [9.17, 15) is 9.59 Å². The van der Waals surface area contributed by atoms with Gasteiger partial charge in [0.15, 0.2) is 0 Å². The van der Waals surface area contributed by atoms with E-state index in [1.807, 2.05) is 31.2 Å². The van der Waals surface area contributed by atoms with Gasteiger partial charge in [-0.05, 0) is 43.9 Å². The highest BCUT2D eigenvalue weighted by molar-refractivity contribution is 6.35. The van der Waals surface area contributed by atoms with E-state index < -0.39 is 0 Å². The van der Waals surface area contributed by atoms with E-state index in [0.717, 1.165) is 50.1 Å². The molecule has 0 radical (unpaired) electrons. The highest BCUT2D eigenvalue weighted by atomic mass is 16.5. The molecular formula is C24H34N2O3. The van der Waals surface area contributed by atoms with Crippen LogP contribution in [-0.2, 0) is 9.59 Å². The van der Waals surface area contributed by atoms with Crippen molar-refractivity contribution in [2.75, 3.05) is 26.2 Å². The molecule has 1 aromatic carbocycles. The molecule has 0 atom stereocenters. The molecule has 29 heavy (non-hydrogen) atoms. The van der Waals surface area contributed by atoms with Gasteiger partial charge in [0.1, 0.15) is 11.4 Å². The van der Waals surface area contributed by atoms with Gasteiger partial charge in [0, 0.05) is 19.6 Å². The van der Waals surface area contributed by atoms with Gasteiger partial charge in [-0.15, -0.1) is 0 Å². The van der Waals surface area contributed by atoms with E-state index in [1.54, 1.807) is 0 Å². The first kappa shape index (κ1) is 21.4. The molecule has 0 bridgehead atoms. The van der Waals surface area contributed by atoms with Crippen molar-refractivity contribution in [2.45, 2.75) is 65.2 Å².